The number of aromatic nitrogens is 3. The molecule has 0 saturated carbocycles. The summed E-state index contributed by atoms with van der Waals surface area (Å²) in [6, 6.07) is 17.7. The fraction of sp³-hybridized carbons (Fsp3) is 0.160. The largest absolute Gasteiger partial charge is 0.496 e. The Bertz CT molecular complexity index is 1500. The molecule has 6 nitrogen and oxygen atoms in total. The maximum absolute atomic E-state index is 13.3. The molecular weight excluding hydrogens is 420 g/mol. The van der Waals surface area contributed by atoms with E-state index < -0.39 is 0 Å². The first kappa shape index (κ1) is 20.2. The van der Waals surface area contributed by atoms with Crippen molar-refractivity contribution in [2.24, 2.45) is 0 Å². The highest BCUT2D eigenvalue weighted by Gasteiger charge is 2.19. The Morgan fingerprint density at radius 2 is 1.78 bits per heavy atom. The minimum atomic E-state index is -0.262. The molecule has 2 heterocycles. The average Bonchev–Trinajstić information content (AvgIpc) is 3.35. The van der Waals surface area contributed by atoms with Crippen molar-refractivity contribution in [1.29, 1.82) is 0 Å². The summed E-state index contributed by atoms with van der Waals surface area (Å²) >= 11 is 1.55. The van der Waals surface area contributed by atoms with E-state index in [0.717, 1.165) is 32.2 Å². The van der Waals surface area contributed by atoms with Crippen LogP contribution in [0.5, 0.6) is 5.75 Å². The predicted octanol–water partition coefficient (Wildman–Crippen LogP) is 5.82. The molecule has 1 N–H and O–H groups in total. The van der Waals surface area contributed by atoms with Crippen LogP contribution in [0.15, 0.2) is 54.6 Å². The van der Waals surface area contributed by atoms with E-state index in [-0.39, 0.29) is 5.91 Å². The third-order valence-electron chi connectivity index (χ3n) is 5.39. The van der Waals surface area contributed by atoms with Gasteiger partial charge < -0.3 is 10.1 Å². The monoisotopic (exact) mass is 442 g/mol. The number of carbonyl (C=O) groups excluding carboxylic acids is 1. The Morgan fingerprint density at radius 1 is 1.03 bits per heavy atom. The molecule has 0 unspecified atom stereocenters. The first-order chi connectivity index (χ1) is 15.4. The van der Waals surface area contributed by atoms with Crippen LogP contribution in [-0.4, -0.2) is 27.8 Å². The molecule has 0 aliphatic heterocycles. The van der Waals surface area contributed by atoms with Gasteiger partial charge in [-0.3, -0.25) is 4.79 Å². The number of aryl methyl sites for hydroxylation is 3. The number of nitrogens with zero attached hydrogens (tertiary/aromatic N) is 3. The molecule has 3 aromatic carbocycles. The molecule has 0 bridgehead atoms. The number of benzene rings is 3. The maximum Gasteiger partial charge on any atom is 0.260 e. The molecule has 1 amide bonds. The minimum absolute atomic E-state index is 0.262. The van der Waals surface area contributed by atoms with Gasteiger partial charge in [-0.15, -0.1) is 0 Å². The summed E-state index contributed by atoms with van der Waals surface area (Å²) in [5.41, 5.74) is 4.53. The lowest BCUT2D eigenvalue weighted by Gasteiger charge is -2.11. The van der Waals surface area contributed by atoms with Gasteiger partial charge in [0.05, 0.1) is 28.6 Å². The van der Waals surface area contributed by atoms with Crippen LogP contribution in [0.4, 0.5) is 5.82 Å². The number of amides is 1. The highest BCUT2D eigenvalue weighted by molar-refractivity contribution is 7.20. The van der Waals surface area contributed by atoms with Crippen LogP contribution in [0.1, 0.15) is 27.2 Å². The van der Waals surface area contributed by atoms with Crippen molar-refractivity contribution in [2.75, 3.05) is 12.4 Å². The molecule has 2 aromatic heterocycles. The number of hydrogen-bond donors (Lipinski definition) is 1. The number of anilines is 1. The Kier molecular flexibility index (Phi) is 4.90. The third-order valence-corrected chi connectivity index (χ3v) is 6.36. The number of rotatable bonds is 4. The molecule has 7 heteroatoms. The average molecular weight is 443 g/mol. The first-order valence-corrected chi connectivity index (χ1v) is 11.1. The molecule has 0 spiro atoms. The van der Waals surface area contributed by atoms with Gasteiger partial charge in [-0.2, -0.15) is 9.78 Å². The molecule has 5 rings (SSSR count). The summed E-state index contributed by atoms with van der Waals surface area (Å²) in [7, 11) is 1.57. The molecule has 0 fully saturated rings. The Hall–Kier alpha value is -3.71. The van der Waals surface area contributed by atoms with E-state index >= 15 is 0 Å². The third kappa shape index (κ3) is 3.50. The number of carbonyl (C=O) groups is 1. The molecular formula is C25H22N4O2S. The molecule has 5 aromatic rings. The number of ether oxygens (including phenoxy) is 1. The van der Waals surface area contributed by atoms with E-state index in [4.69, 9.17) is 9.72 Å². The molecule has 0 atom stereocenters. The van der Waals surface area contributed by atoms with Crippen molar-refractivity contribution in [2.45, 2.75) is 20.8 Å². The van der Waals surface area contributed by atoms with Gasteiger partial charge in [0.15, 0.2) is 0 Å². The maximum atomic E-state index is 13.3. The molecule has 0 aliphatic rings. The Labute approximate surface area is 189 Å². The van der Waals surface area contributed by atoms with Crippen LogP contribution in [-0.2, 0) is 0 Å². The minimum Gasteiger partial charge on any atom is -0.496 e. The van der Waals surface area contributed by atoms with Crippen molar-refractivity contribution < 1.29 is 9.53 Å². The number of thiazole rings is 1. The second-order valence-corrected chi connectivity index (χ2v) is 8.87. The van der Waals surface area contributed by atoms with E-state index in [9.17, 15) is 4.79 Å². The van der Waals surface area contributed by atoms with E-state index in [1.807, 2.05) is 49.4 Å². The van der Waals surface area contributed by atoms with E-state index in [1.165, 1.54) is 5.56 Å². The quantitative estimate of drug-likeness (QED) is 0.381. The van der Waals surface area contributed by atoms with Gasteiger partial charge in [-0.1, -0.05) is 41.7 Å². The van der Waals surface area contributed by atoms with Gasteiger partial charge in [0, 0.05) is 6.07 Å². The van der Waals surface area contributed by atoms with Gasteiger partial charge in [-0.05, 0) is 60.9 Å². The van der Waals surface area contributed by atoms with Crippen LogP contribution >= 0.6 is 11.3 Å². The lowest BCUT2D eigenvalue weighted by molar-refractivity contribution is 0.102. The Morgan fingerprint density at radius 3 is 2.53 bits per heavy atom. The topological polar surface area (TPSA) is 69.0 Å². The second-order valence-electron chi connectivity index (χ2n) is 7.86. The second kappa shape index (κ2) is 7.76. The van der Waals surface area contributed by atoms with Crippen molar-refractivity contribution in [3.8, 4) is 10.9 Å². The summed E-state index contributed by atoms with van der Waals surface area (Å²) in [6.07, 6.45) is 0. The van der Waals surface area contributed by atoms with Crippen molar-refractivity contribution in [3.05, 3.63) is 77.0 Å². The number of methoxy groups -OCH3 is 1. The van der Waals surface area contributed by atoms with Crippen LogP contribution in [0.25, 0.3) is 26.1 Å². The summed E-state index contributed by atoms with van der Waals surface area (Å²) in [4.78, 5) is 18.0. The smallest absolute Gasteiger partial charge is 0.260 e. The fourth-order valence-corrected chi connectivity index (χ4v) is 5.04. The zero-order valence-corrected chi connectivity index (χ0v) is 19.1. The van der Waals surface area contributed by atoms with Crippen LogP contribution in [0.3, 0.4) is 0 Å². The summed E-state index contributed by atoms with van der Waals surface area (Å²) < 4.78 is 8.29. The number of fused-ring (bicyclic) bond motifs is 2. The number of nitrogens with one attached hydrogen (secondary N) is 1. The first-order valence-electron chi connectivity index (χ1n) is 10.3. The summed E-state index contributed by atoms with van der Waals surface area (Å²) in [5, 5.41) is 10.3. The zero-order chi connectivity index (χ0) is 22.4. The summed E-state index contributed by atoms with van der Waals surface area (Å²) in [5.74, 6) is 0.827. The van der Waals surface area contributed by atoms with Crippen molar-refractivity contribution in [1.82, 2.24) is 14.8 Å². The zero-order valence-electron chi connectivity index (χ0n) is 18.3. The van der Waals surface area contributed by atoms with Gasteiger partial charge in [0.25, 0.3) is 5.91 Å². The summed E-state index contributed by atoms with van der Waals surface area (Å²) in [6.45, 7) is 6.03. The normalized spacial score (nSPS) is 11.2. The molecule has 160 valence electrons. The van der Waals surface area contributed by atoms with Crippen molar-refractivity contribution in [3.63, 3.8) is 0 Å². The van der Waals surface area contributed by atoms with Crippen LogP contribution in [0, 0.1) is 20.8 Å². The standard InChI is InChI=1S/C25H22N4O2S/c1-14-9-15(2)23-21(10-14)32-25(27-23)29-22(11-16(3)28-29)26-24(30)19-12-17-7-5-6-8-18(17)13-20(19)31-4/h5-13H,1-4H3,(H,26,30). The van der Waals surface area contributed by atoms with Crippen LogP contribution < -0.4 is 10.1 Å². The lowest BCUT2D eigenvalue weighted by atomic mass is 10.1. The Balaban J connectivity index is 1.55. The SMILES string of the molecule is COc1cc2ccccc2cc1C(=O)Nc1cc(C)nn1-c1nc2c(C)cc(C)cc2s1. The van der Waals surface area contributed by atoms with E-state index in [2.05, 4.69) is 36.4 Å². The number of hydrogen-bond acceptors (Lipinski definition) is 5. The molecule has 32 heavy (non-hydrogen) atoms. The lowest BCUT2D eigenvalue weighted by Crippen LogP contribution is -2.16. The van der Waals surface area contributed by atoms with E-state index in [1.54, 1.807) is 23.1 Å². The van der Waals surface area contributed by atoms with E-state index in [0.29, 0.717) is 22.3 Å². The van der Waals surface area contributed by atoms with Crippen molar-refractivity contribution >= 4 is 44.1 Å². The van der Waals surface area contributed by atoms with Gasteiger partial charge in [0.1, 0.15) is 11.6 Å². The highest BCUT2D eigenvalue weighted by Crippen LogP contribution is 2.31. The van der Waals surface area contributed by atoms with Crippen LogP contribution in [0.2, 0.25) is 0 Å². The highest BCUT2D eigenvalue weighted by atomic mass is 32.1. The van der Waals surface area contributed by atoms with Gasteiger partial charge in [0.2, 0.25) is 5.13 Å². The molecule has 0 aliphatic carbocycles. The van der Waals surface area contributed by atoms with Gasteiger partial charge >= 0.3 is 0 Å². The van der Waals surface area contributed by atoms with Gasteiger partial charge in [-0.25, -0.2) is 4.98 Å². The molecule has 0 radical (unpaired) electrons. The fourth-order valence-electron chi connectivity index (χ4n) is 3.93. The molecule has 0 saturated heterocycles. The predicted molar refractivity (Wildman–Crippen MR) is 129 cm³/mol.